The van der Waals surface area contributed by atoms with Crippen LogP contribution in [0.3, 0.4) is 0 Å². The number of nitrogens with zero attached hydrogens (tertiary/aromatic N) is 4. The number of hydrogen-bond acceptors (Lipinski definition) is 5. The summed E-state index contributed by atoms with van der Waals surface area (Å²) in [6.07, 6.45) is 13.7. The molecule has 0 bridgehead atoms. The first-order valence-electron chi connectivity index (χ1n) is 9.57. The molecule has 0 amide bonds. The zero-order chi connectivity index (χ0) is 17.4. The van der Waals surface area contributed by atoms with Gasteiger partial charge < -0.3 is 15.2 Å². The van der Waals surface area contributed by atoms with E-state index >= 15 is 0 Å². The highest BCUT2D eigenvalue weighted by atomic mass is 35.5. The quantitative estimate of drug-likeness (QED) is 0.655. The Balaban J connectivity index is 0.00000112. The van der Waals surface area contributed by atoms with Gasteiger partial charge in [0.05, 0.1) is 16.8 Å². The highest BCUT2D eigenvalue weighted by molar-refractivity contribution is 6.01. The van der Waals surface area contributed by atoms with Gasteiger partial charge >= 0.3 is 0 Å². The fourth-order valence-corrected chi connectivity index (χ4v) is 4.67. The van der Waals surface area contributed by atoms with E-state index in [4.69, 9.17) is 0 Å². The second-order valence-corrected chi connectivity index (χ2v) is 7.54. The van der Waals surface area contributed by atoms with Gasteiger partial charge in [0.2, 0.25) is 0 Å². The highest BCUT2D eigenvalue weighted by Gasteiger charge is 2.36. The molecule has 2 aliphatic rings. The molecule has 8 heteroatoms. The molecule has 3 aromatic heterocycles. The maximum absolute atomic E-state index is 4.55. The number of H-pyrrole nitrogens is 1. The maximum atomic E-state index is 4.55. The number of aromatic nitrogens is 4. The minimum Gasteiger partial charge on any atom is -0.369 e. The zero-order valence-electron chi connectivity index (χ0n) is 15.7. The van der Waals surface area contributed by atoms with Crippen molar-refractivity contribution >= 4 is 41.5 Å². The molecule has 1 spiro atoms. The molecule has 2 aliphatic heterocycles. The lowest BCUT2D eigenvalue weighted by Crippen LogP contribution is -2.59. The van der Waals surface area contributed by atoms with E-state index in [0.717, 1.165) is 36.5 Å². The molecule has 0 radical (unpaired) electrons. The van der Waals surface area contributed by atoms with Crippen LogP contribution in [0.1, 0.15) is 32.1 Å². The molecule has 6 nitrogen and oxygen atoms in total. The first kappa shape index (κ1) is 20.8. The molecule has 2 N–H and O–H groups in total. The first-order valence-corrected chi connectivity index (χ1v) is 9.57. The van der Waals surface area contributed by atoms with Crippen LogP contribution in [0, 0.1) is 0 Å². The van der Waals surface area contributed by atoms with Gasteiger partial charge in [-0.1, -0.05) is 6.42 Å². The smallest absolute Gasteiger partial charge is 0.140 e. The second kappa shape index (κ2) is 8.64. The number of fused-ring (bicyclic) bond motifs is 1. The topological polar surface area (TPSA) is 69.7 Å². The molecule has 0 aliphatic carbocycles. The summed E-state index contributed by atoms with van der Waals surface area (Å²) in [5.74, 6) is 0. The van der Waals surface area contributed by atoms with Crippen molar-refractivity contribution < 1.29 is 0 Å². The molecule has 1 unspecified atom stereocenters. The summed E-state index contributed by atoms with van der Waals surface area (Å²) in [4.78, 5) is 18.9. The van der Waals surface area contributed by atoms with E-state index in [1.165, 1.54) is 43.2 Å². The van der Waals surface area contributed by atoms with E-state index in [0.29, 0.717) is 0 Å². The van der Waals surface area contributed by atoms with Crippen molar-refractivity contribution in [2.45, 2.75) is 37.6 Å². The molecule has 2 fully saturated rings. The fraction of sp³-hybridized carbons (Fsp3) is 0.450. The lowest BCUT2D eigenvalue weighted by molar-refractivity contribution is 0.216. The Kier molecular flexibility index (Phi) is 6.43. The van der Waals surface area contributed by atoms with Crippen molar-refractivity contribution in [1.29, 1.82) is 0 Å². The zero-order valence-corrected chi connectivity index (χ0v) is 17.4. The Morgan fingerprint density at radius 3 is 2.68 bits per heavy atom. The van der Waals surface area contributed by atoms with Crippen molar-refractivity contribution in [1.82, 2.24) is 25.3 Å². The van der Waals surface area contributed by atoms with Crippen molar-refractivity contribution in [3.8, 4) is 11.3 Å². The Hall–Kier alpha value is -1.89. The fourth-order valence-electron chi connectivity index (χ4n) is 4.67. The van der Waals surface area contributed by atoms with Gasteiger partial charge in [0.25, 0.3) is 0 Å². The number of hydrogen-bond donors (Lipinski definition) is 2. The summed E-state index contributed by atoms with van der Waals surface area (Å²) in [6, 6.07) is 4.11. The average molecular weight is 421 g/mol. The molecule has 3 aromatic rings. The first-order chi connectivity index (χ1) is 12.8. The molecular formula is C20H26Cl2N6. The molecular weight excluding hydrogens is 395 g/mol. The van der Waals surface area contributed by atoms with Gasteiger partial charge in [0, 0.05) is 42.8 Å². The Bertz CT molecular complexity index is 902. The summed E-state index contributed by atoms with van der Waals surface area (Å²) < 4.78 is 0. The van der Waals surface area contributed by atoms with Crippen LogP contribution in [0.4, 0.5) is 5.69 Å². The maximum Gasteiger partial charge on any atom is 0.140 e. The monoisotopic (exact) mass is 420 g/mol. The summed E-state index contributed by atoms with van der Waals surface area (Å²) in [5.41, 5.74) is 4.49. The van der Waals surface area contributed by atoms with Crippen molar-refractivity contribution in [3.63, 3.8) is 0 Å². The number of anilines is 1. The molecule has 0 aromatic carbocycles. The summed E-state index contributed by atoms with van der Waals surface area (Å²) in [5, 5.41) is 5.00. The predicted octanol–water partition coefficient (Wildman–Crippen LogP) is 3.98. The van der Waals surface area contributed by atoms with Gasteiger partial charge in [-0.3, -0.25) is 0 Å². The van der Waals surface area contributed by atoms with Gasteiger partial charge in [-0.2, -0.15) is 0 Å². The van der Waals surface area contributed by atoms with E-state index in [1.54, 1.807) is 12.5 Å². The minimum absolute atomic E-state index is 0. The highest BCUT2D eigenvalue weighted by Crippen LogP contribution is 2.37. The standard InChI is InChI=1S/C20H24N6.2ClH/c1-2-8-25-20(6-1)7-3-11-26(13-20)17-5-10-22-19-18(17)15(12-23-19)16-4-9-21-14-24-16;;/h4-5,9-10,12,14,25H,1-3,6-8,11,13H2,(H,22,23);2*1H. The minimum atomic E-state index is 0. The van der Waals surface area contributed by atoms with E-state index in [1.807, 2.05) is 18.5 Å². The average Bonchev–Trinajstić information content (AvgIpc) is 3.14. The second-order valence-electron chi connectivity index (χ2n) is 7.54. The van der Waals surface area contributed by atoms with Crippen molar-refractivity contribution in [3.05, 3.63) is 37.1 Å². The van der Waals surface area contributed by atoms with Crippen LogP contribution in [0.15, 0.2) is 37.1 Å². The van der Waals surface area contributed by atoms with Crippen molar-refractivity contribution in [2.24, 2.45) is 0 Å². The number of aromatic amines is 1. The number of rotatable bonds is 2. The van der Waals surface area contributed by atoms with Crippen molar-refractivity contribution in [2.75, 3.05) is 24.5 Å². The van der Waals surface area contributed by atoms with E-state index in [-0.39, 0.29) is 30.4 Å². The Morgan fingerprint density at radius 1 is 1.00 bits per heavy atom. The molecule has 0 saturated carbocycles. The molecule has 150 valence electrons. The van der Waals surface area contributed by atoms with Crippen LogP contribution in [-0.4, -0.2) is 45.1 Å². The van der Waals surface area contributed by atoms with Gasteiger partial charge in [-0.15, -0.1) is 24.8 Å². The van der Waals surface area contributed by atoms with Crippen LogP contribution in [-0.2, 0) is 0 Å². The molecule has 28 heavy (non-hydrogen) atoms. The third-order valence-corrected chi connectivity index (χ3v) is 5.91. The largest absolute Gasteiger partial charge is 0.369 e. The van der Waals surface area contributed by atoms with Gasteiger partial charge in [0.15, 0.2) is 0 Å². The van der Waals surface area contributed by atoms with Gasteiger partial charge in [0.1, 0.15) is 12.0 Å². The number of pyridine rings is 1. The Labute approximate surface area is 177 Å². The molecule has 1 atom stereocenters. The molecule has 5 heterocycles. The lowest BCUT2D eigenvalue weighted by atomic mass is 9.81. The lowest BCUT2D eigenvalue weighted by Gasteiger charge is -2.47. The number of piperidine rings is 2. The van der Waals surface area contributed by atoms with Crippen LogP contribution in [0.5, 0.6) is 0 Å². The summed E-state index contributed by atoms with van der Waals surface area (Å²) in [6.45, 7) is 3.31. The van der Waals surface area contributed by atoms with Crippen LogP contribution < -0.4 is 10.2 Å². The van der Waals surface area contributed by atoms with Crippen LogP contribution in [0.25, 0.3) is 22.3 Å². The number of halogens is 2. The van der Waals surface area contributed by atoms with Crippen LogP contribution >= 0.6 is 24.8 Å². The van der Waals surface area contributed by atoms with Gasteiger partial charge in [-0.05, 0) is 44.4 Å². The third-order valence-electron chi connectivity index (χ3n) is 5.91. The van der Waals surface area contributed by atoms with Gasteiger partial charge in [-0.25, -0.2) is 15.0 Å². The predicted molar refractivity (Wildman–Crippen MR) is 118 cm³/mol. The molecule has 5 rings (SSSR count). The van der Waals surface area contributed by atoms with E-state index in [2.05, 4.69) is 36.2 Å². The number of nitrogens with one attached hydrogen (secondary N) is 2. The molecule has 2 saturated heterocycles. The SMILES string of the molecule is Cl.Cl.c1cc(-c2c[nH]c3nccc(N4CCCC5(CCCCN5)C4)c23)ncn1. The van der Waals surface area contributed by atoms with E-state index in [9.17, 15) is 0 Å². The third kappa shape index (κ3) is 3.69. The van der Waals surface area contributed by atoms with E-state index < -0.39 is 0 Å². The Morgan fingerprint density at radius 2 is 1.89 bits per heavy atom. The summed E-state index contributed by atoms with van der Waals surface area (Å²) in [7, 11) is 0. The summed E-state index contributed by atoms with van der Waals surface area (Å²) >= 11 is 0. The van der Waals surface area contributed by atoms with Crippen LogP contribution in [0.2, 0.25) is 0 Å². The normalized spacial score (nSPS) is 21.9.